The first-order chi connectivity index (χ1) is 5.83. The lowest BCUT2D eigenvalue weighted by atomic mass is 10.7. The fourth-order valence-corrected chi connectivity index (χ4v) is 1.07. The second-order valence-corrected chi connectivity index (χ2v) is 3.12. The van der Waals surface area contributed by atoms with Crippen LogP contribution in [0.2, 0.25) is 0 Å². The second kappa shape index (κ2) is 4.94. The first-order valence-corrected chi connectivity index (χ1v) is 4.66. The molecule has 66 valence electrons. The van der Waals surface area contributed by atoms with E-state index in [0.29, 0.717) is 17.3 Å². The van der Waals surface area contributed by atoms with Gasteiger partial charge in [0.2, 0.25) is 0 Å². The molecule has 0 aliphatic carbocycles. The van der Waals surface area contributed by atoms with Crippen molar-refractivity contribution in [3.05, 3.63) is 6.20 Å². The zero-order chi connectivity index (χ0) is 8.81. The molecule has 12 heavy (non-hydrogen) atoms. The minimum atomic E-state index is -0.255. The van der Waals surface area contributed by atoms with Gasteiger partial charge in [-0.3, -0.25) is 5.32 Å². The van der Waals surface area contributed by atoms with E-state index in [1.54, 1.807) is 0 Å². The quantitative estimate of drug-likeness (QED) is 0.631. The molecule has 1 aromatic rings. The summed E-state index contributed by atoms with van der Waals surface area (Å²) in [5.74, 6) is 0.619. The Kier molecular flexibility index (Phi) is 3.81. The van der Waals surface area contributed by atoms with Crippen LogP contribution in [0.1, 0.15) is 0 Å². The number of carbonyl (C=O) groups excluding carboxylic acids is 1. The van der Waals surface area contributed by atoms with Crippen molar-refractivity contribution < 1.29 is 4.79 Å². The van der Waals surface area contributed by atoms with E-state index in [1.807, 2.05) is 0 Å². The van der Waals surface area contributed by atoms with Crippen molar-refractivity contribution in [2.45, 2.75) is 0 Å². The normalized spacial score (nSPS) is 9.42. The predicted octanol–water partition coefficient (Wildman–Crippen LogP) is 0.589. The Hall–Kier alpha value is -0.820. The highest BCUT2D eigenvalue weighted by Gasteiger charge is 2.00. The number of hydrogen-bond acceptors (Lipinski definition) is 5. The van der Waals surface area contributed by atoms with Crippen LogP contribution in [-0.4, -0.2) is 27.9 Å². The zero-order valence-corrected chi connectivity index (χ0v) is 7.86. The molecule has 7 heteroatoms. The van der Waals surface area contributed by atoms with Gasteiger partial charge >= 0.3 is 6.03 Å². The Morgan fingerprint density at radius 3 is 3.17 bits per heavy atom. The van der Waals surface area contributed by atoms with Gasteiger partial charge in [-0.25, -0.2) is 4.79 Å². The Labute approximate surface area is 79.1 Å². The highest BCUT2D eigenvalue weighted by Crippen LogP contribution is 2.07. The molecule has 2 amide bonds. The Morgan fingerprint density at radius 1 is 1.75 bits per heavy atom. The van der Waals surface area contributed by atoms with Gasteiger partial charge in [0.1, 0.15) is 5.00 Å². The predicted molar refractivity (Wildman–Crippen MR) is 50.8 cm³/mol. The van der Waals surface area contributed by atoms with Crippen molar-refractivity contribution in [2.24, 2.45) is 0 Å². The number of carbonyl (C=O) groups is 1. The Balaban J connectivity index is 2.27. The minimum absolute atomic E-state index is 0.255. The summed E-state index contributed by atoms with van der Waals surface area (Å²) in [6.07, 6.45) is 1.49. The molecule has 1 heterocycles. The summed E-state index contributed by atoms with van der Waals surface area (Å²) in [7, 11) is 0. The van der Waals surface area contributed by atoms with Crippen LogP contribution >= 0.6 is 24.2 Å². The van der Waals surface area contributed by atoms with Gasteiger partial charge in [-0.2, -0.15) is 12.6 Å². The summed E-state index contributed by atoms with van der Waals surface area (Å²) >= 11 is 5.08. The van der Waals surface area contributed by atoms with E-state index in [9.17, 15) is 4.79 Å². The third-order valence-electron chi connectivity index (χ3n) is 0.995. The number of urea groups is 1. The summed E-state index contributed by atoms with van der Waals surface area (Å²) < 4.78 is 3.59. The average Bonchev–Trinajstić information content (AvgIpc) is 2.53. The molecule has 0 spiro atoms. The van der Waals surface area contributed by atoms with Crippen LogP contribution in [0.3, 0.4) is 0 Å². The van der Waals surface area contributed by atoms with Gasteiger partial charge in [0, 0.05) is 23.8 Å². The summed E-state index contributed by atoms with van der Waals surface area (Å²) in [6, 6.07) is -0.255. The maximum absolute atomic E-state index is 11.0. The van der Waals surface area contributed by atoms with Crippen LogP contribution in [0.5, 0.6) is 0 Å². The largest absolute Gasteiger partial charge is 0.337 e. The van der Waals surface area contributed by atoms with Crippen molar-refractivity contribution in [3.8, 4) is 0 Å². The van der Waals surface area contributed by atoms with Gasteiger partial charge in [-0.15, -0.1) is 5.10 Å². The molecular formula is C5H8N4OS2. The minimum Gasteiger partial charge on any atom is -0.337 e. The van der Waals surface area contributed by atoms with Crippen LogP contribution in [0, 0.1) is 0 Å². The fourth-order valence-electron chi connectivity index (χ4n) is 0.548. The lowest BCUT2D eigenvalue weighted by Crippen LogP contribution is -2.29. The first kappa shape index (κ1) is 9.27. The average molecular weight is 204 g/mol. The summed E-state index contributed by atoms with van der Waals surface area (Å²) in [4.78, 5) is 11.0. The topological polar surface area (TPSA) is 66.9 Å². The lowest BCUT2D eigenvalue weighted by Gasteiger charge is -2.01. The number of amides is 2. The highest BCUT2D eigenvalue weighted by molar-refractivity contribution is 7.80. The van der Waals surface area contributed by atoms with Crippen molar-refractivity contribution in [1.29, 1.82) is 0 Å². The van der Waals surface area contributed by atoms with Crippen LogP contribution in [0.15, 0.2) is 6.20 Å². The number of nitrogens with zero attached hydrogens (tertiary/aromatic N) is 2. The highest BCUT2D eigenvalue weighted by atomic mass is 32.1. The maximum Gasteiger partial charge on any atom is 0.319 e. The molecule has 0 bridgehead atoms. The lowest BCUT2D eigenvalue weighted by molar-refractivity contribution is 0.252. The van der Waals surface area contributed by atoms with Gasteiger partial charge in [-0.1, -0.05) is 4.49 Å². The molecule has 0 saturated carbocycles. The van der Waals surface area contributed by atoms with Crippen molar-refractivity contribution >= 4 is 35.2 Å². The van der Waals surface area contributed by atoms with E-state index in [1.165, 1.54) is 6.20 Å². The second-order valence-electron chi connectivity index (χ2n) is 1.89. The molecule has 0 aromatic carbocycles. The van der Waals surface area contributed by atoms with Crippen molar-refractivity contribution in [2.75, 3.05) is 17.6 Å². The van der Waals surface area contributed by atoms with E-state index >= 15 is 0 Å². The number of anilines is 1. The number of hydrogen-bond donors (Lipinski definition) is 3. The Morgan fingerprint density at radius 2 is 2.58 bits per heavy atom. The van der Waals surface area contributed by atoms with Gasteiger partial charge in [0.25, 0.3) is 0 Å². The fraction of sp³-hybridized carbons (Fsp3) is 0.400. The maximum atomic E-state index is 11.0. The number of nitrogens with one attached hydrogen (secondary N) is 2. The van der Waals surface area contributed by atoms with Crippen LogP contribution < -0.4 is 10.6 Å². The van der Waals surface area contributed by atoms with Gasteiger partial charge in [0.05, 0.1) is 6.20 Å². The summed E-state index contributed by atoms with van der Waals surface area (Å²) in [5.41, 5.74) is 0. The molecule has 0 unspecified atom stereocenters. The van der Waals surface area contributed by atoms with Crippen LogP contribution in [0.4, 0.5) is 9.80 Å². The standard InChI is InChI=1S/C5H8N4OS2/c10-5(6-1-2-11)8-4-3-7-9-12-4/h3,11H,1-2H2,(H2,6,8,10). The molecule has 0 atom stereocenters. The van der Waals surface area contributed by atoms with Gasteiger partial charge < -0.3 is 5.32 Å². The van der Waals surface area contributed by atoms with E-state index in [0.717, 1.165) is 11.5 Å². The van der Waals surface area contributed by atoms with Crippen LogP contribution in [0.25, 0.3) is 0 Å². The van der Waals surface area contributed by atoms with Gasteiger partial charge in [0.15, 0.2) is 0 Å². The molecule has 2 N–H and O–H groups in total. The molecule has 0 aliphatic heterocycles. The molecule has 0 radical (unpaired) electrons. The summed E-state index contributed by atoms with van der Waals surface area (Å²) in [6.45, 7) is 0.543. The first-order valence-electron chi connectivity index (χ1n) is 3.26. The third-order valence-corrected chi connectivity index (χ3v) is 1.80. The van der Waals surface area contributed by atoms with Gasteiger partial charge in [-0.05, 0) is 0 Å². The molecule has 5 nitrogen and oxygen atoms in total. The molecule has 1 aromatic heterocycles. The third kappa shape index (κ3) is 3.05. The zero-order valence-electron chi connectivity index (χ0n) is 6.15. The SMILES string of the molecule is O=C(NCCS)Nc1cnns1. The molecular weight excluding hydrogens is 196 g/mol. The van der Waals surface area contributed by atoms with E-state index in [2.05, 4.69) is 32.8 Å². The van der Waals surface area contributed by atoms with Crippen molar-refractivity contribution in [3.63, 3.8) is 0 Å². The Bertz CT molecular complexity index is 238. The number of thiol groups is 1. The van der Waals surface area contributed by atoms with E-state index in [4.69, 9.17) is 0 Å². The van der Waals surface area contributed by atoms with E-state index < -0.39 is 0 Å². The molecule has 0 saturated heterocycles. The van der Waals surface area contributed by atoms with Crippen molar-refractivity contribution in [1.82, 2.24) is 14.9 Å². The number of rotatable bonds is 3. The molecule has 1 rings (SSSR count). The van der Waals surface area contributed by atoms with Crippen LogP contribution in [-0.2, 0) is 0 Å². The summed E-state index contributed by atoms with van der Waals surface area (Å²) in [5, 5.41) is 9.36. The molecule has 0 aliphatic rings. The van der Waals surface area contributed by atoms with E-state index in [-0.39, 0.29) is 6.03 Å². The monoisotopic (exact) mass is 204 g/mol. The smallest absolute Gasteiger partial charge is 0.319 e. The molecule has 0 fully saturated rings. The number of aromatic nitrogens is 2.